The Morgan fingerprint density at radius 3 is 2.51 bits per heavy atom. The molecule has 1 aliphatic carbocycles. The van der Waals surface area contributed by atoms with E-state index in [4.69, 9.17) is 0 Å². The number of benzene rings is 2. The predicted molar refractivity (Wildman–Crippen MR) is 142 cm³/mol. The normalized spacial score (nSPS) is 24.9. The average Bonchev–Trinajstić information content (AvgIpc) is 3.23. The van der Waals surface area contributed by atoms with Gasteiger partial charge in [0.05, 0.1) is 0 Å². The first kappa shape index (κ1) is 25.4. The van der Waals surface area contributed by atoms with Crippen LogP contribution in [0.25, 0.3) is 11.1 Å². The molecule has 0 bridgehead atoms. The third-order valence-corrected chi connectivity index (χ3v) is 8.14. The maximum atomic E-state index is 13.4. The lowest BCUT2D eigenvalue weighted by Crippen LogP contribution is -2.51. The van der Waals surface area contributed by atoms with Gasteiger partial charge in [0.1, 0.15) is 6.04 Å². The van der Waals surface area contributed by atoms with Crippen molar-refractivity contribution in [2.75, 3.05) is 13.6 Å². The first-order valence-corrected chi connectivity index (χ1v) is 13.4. The van der Waals surface area contributed by atoms with E-state index in [0.717, 1.165) is 49.8 Å². The second kappa shape index (κ2) is 11.4. The molecule has 0 aromatic heterocycles. The minimum absolute atomic E-state index is 0.0966. The monoisotopic (exact) mass is 475 g/mol. The first-order valence-electron chi connectivity index (χ1n) is 13.4. The summed E-state index contributed by atoms with van der Waals surface area (Å²) in [6.45, 7) is 7.50. The summed E-state index contributed by atoms with van der Waals surface area (Å²) in [5.74, 6) is 0.454. The van der Waals surface area contributed by atoms with Crippen molar-refractivity contribution in [3.05, 3.63) is 60.2 Å². The van der Waals surface area contributed by atoms with Gasteiger partial charge in [-0.1, -0.05) is 55.8 Å². The number of nitrogens with zero attached hydrogens (tertiary/aromatic N) is 2. The second-order valence-corrected chi connectivity index (χ2v) is 10.6. The molecule has 1 heterocycles. The lowest BCUT2D eigenvalue weighted by Gasteiger charge is -2.44. The zero-order valence-corrected chi connectivity index (χ0v) is 21.7. The molecule has 2 aromatic carbocycles. The standard InChI is InChI=1S/C30H41N3O2/c1-5-10-24-20-26(32(4)21(2)3)15-16-28(24)33-18-17-27(30(33)35)31-29(34)25-14-9-13-23(19-25)22-11-7-6-8-12-22/h6-9,11-14,19,21,24,26-28H,5,10,15-18,20H2,1-4H3,(H,31,34)/t24-,26-,27+,28+/m1/s1. The summed E-state index contributed by atoms with van der Waals surface area (Å²) < 4.78 is 0. The molecule has 1 N–H and O–H groups in total. The Labute approximate surface area is 210 Å². The number of likely N-dealkylation sites (tertiary alicyclic amines) is 1. The molecule has 1 saturated heterocycles. The fourth-order valence-electron chi connectivity index (χ4n) is 5.98. The van der Waals surface area contributed by atoms with Crippen molar-refractivity contribution in [3.8, 4) is 11.1 Å². The lowest BCUT2D eigenvalue weighted by atomic mass is 9.77. The molecule has 2 amide bonds. The van der Waals surface area contributed by atoms with Crippen LogP contribution in [-0.4, -0.2) is 59.4 Å². The fourth-order valence-corrected chi connectivity index (χ4v) is 5.98. The van der Waals surface area contributed by atoms with Gasteiger partial charge >= 0.3 is 0 Å². The van der Waals surface area contributed by atoms with Crippen LogP contribution in [0, 0.1) is 5.92 Å². The van der Waals surface area contributed by atoms with E-state index in [-0.39, 0.29) is 11.8 Å². The van der Waals surface area contributed by atoms with Crippen LogP contribution in [0.4, 0.5) is 0 Å². The number of carbonyl (C=O) groups is 2. The lowest BCUT2D eigenvalue weighted by molar-refractivity contribution is -0.133. The quantitative estimate of drug-likeness (QED) is 0.559. The minimum atomic E-state index is -0.429. The Morgan fingerprint density at radius 1 is 1.06 bits per heavy atom. The molecule has 35 heavy (non-hydrogen) atoms. The molecule has 2 aliphatic rings. The Kier molecular flexibility index (Phi) is 8.27. The molecule has 2 fully saturated rings. The van der Waals surface area contributed by atoms with Crippen LogP contribution >= 0.6 is 0 Å². The molecule has 0 radical (unpaired) electrons. The number of hydrogen-bond donors (Lipinski definition) is 1. The number of amides is 2. The SMILES string of the molecule is CCC[C@@H]1C[C@H](N(C)C(C)C)CC[C@@H]1N1CC[C@H](NC(=O)c2cccc(-c3ccccc3)c2)C1=O. The van der Waals surface area contributed by atoms with Crippen molar-refractivity contribution in [3.63, 3.8) is 0 Å². The summed E-state index contributed by atoms with van der Waals surface area (Å²) in [7, 11) is 2.23. The Balaban J connectivity index is 1.41. The largest absolute Gasteiger partial charge is 0.340 e. The summed E-state index contributed by atoms with van der Waals surface area (Å²) >= 11 is 0. The van der Waals surface area contributed by atoms with E-state index in [9.17, 15) is 9.59 Å². The Bertz CT molecular complexity index is 1010. The van der Waals surface area contributed by atoms with Crippen LogP contribution in [0.3, 0.4) is 0 Å². The smallest absolute Gasteiger partial charge is 0.251 e. The summed E-state index contributed by atoms with van der Waals surface area (Å²) in [4.78, 5) is 31.1. The summed E-state index contributed by atoms with van der Waals surface area (Å²) in [5, 5.41) is 3.04. The van der Waals surface area contributed by atoms with E-state index in [0.29, 0.717) is 36.0 Å². The summed E-state index contributed by atoms with van der Waals surface area (Å²) in [6, 6.07) is 18.7. The van der Waals surface area contributed by atoms with E-state index in [1.165, 1.54) is 0 Å². The molecular weight excluding hydrogens is 434 g/mol. The predicted octanol–water partition coefficient (Wildman–Crippen LogP) is 5.36. The Hall–Kier alpha value is -2.66. The molecular formula is C30H41N3O2. The molecule has 1 saturated carbocycles. The van der Waals surface area contributed by atoms with Gasteiger partial charge in [0.15, 0.2) is 0 Å². The molecule has 1 aliphatic heterocycles. The van der Waals surface area contributed by atoms with E-state index in [2.05, 4.69) is 42.9 Å². The topological polar surface area (TPSA) is 52.6 Å². The van der Waals surface area contributed by atoms with E-state index in [1.807, 2.05) is 54.6 Å². The fraction of sp³-hybridized carbons (Fsp3) is 0.533. The van der Waals surface area contributed by atoms with Crippen molar-refractivity contribution in [2.45, 2.75) is 83.5 Å². The zero-order valence-electron chi connectivity index (χ0n) is 21.7. The van der Waals surface area contributed by atoms with Gasteiger partial charge in [-0.05, 0) is 82.2 Å². The first-order chi connectivity index (χ1) is 16.9. The molecule has 188 valence electrons. The molecule has 4 atom stereocenters. The van der Waals surface area contributed by atoms with E-state index < -0.39 is 6.04 Å². The second-order valence-electron chi connectivity index (χ2n) is 10.6. The highest BCUT2D eigenvalue weighted by Gasteiger charge is 2.42. The highest BCUT2D eigenvalue weighted by atomic mass is 16.2. The molecule has 0 spiro atoms. The number of rotatable bonds is 8. The minimum Gasteiger partial charge on any atom is -0.340 e. The molecule has 5 heteroatoms. The van der Waals surface area contributed by atoms with Crippen LogP contribution < -0.4 is 5.32 Å². The van der Waals surface area contributed by atoms with Crippen LogP contribution in [0.1, 0.15) is 69.7 Å². The van der Waals surface area contributed by atoms with Gasteiger partial charge in [-0.25, -0.2) is 0 Å². The maximum Gasteiger partial charge on any atom is 0.251 e. The summed E-state index contributed by atoms with van der Waals surface area (Å²) in [5.41, 5.74) is 2.67. The molecule has 0 unspecified atom stereocenters. The van der Waals surface area contributed by atoms with Gasteiger partial charge in [-0.15, -0.1) is 0 Å². The van der Waals surface area contributed by atoms with Crippen molar-refractivity contribution in [2.24, 2.45) is 5.92 Å². The van der Waals surface area contributed by atoms with Gasteiger partial charge < -0.3 is 15.1 Å². The van der Waals surface area contributed by atoms with Gasteiger partial charge in [0, 0.05) is 30.2 Å². The highest BCUT2D eigenvalue weighted by Crippen LogP contribution is 2.36. The van der Waals surface area contributed by atoms with E-state index in [1.54, 1.807) is 0 Å². The average molecular weight is 476 g/mol. The third kappa shape index (κ3) is 5.78. The van der Waals surface area contributed by atoms with Crippen molar-refractivity contribution in [1.29, 1.82) is 0 Å². The molecule has 2 aromatic rings. The van der Waals surface area contributed by atoms with Crippen molar-refractivity contribution >= 4 is 11.8 Å². The third-order valence-electron chi connectivity index (χ3n) is 8.14. The number of hydrogen-bond acceptors (Lipinski definition) is 3. The van der Waals surface area contributed by atoms with Crippen LogP contribution in [0.2, 0.25) is 0 Å². The van der Waals surface area contributed by atoms with Gasteiger partial charge in [0.25, 0.3) is 5.91 Å². The van der Waals surface area contributed by atoms with Crippen LogP contribution in [0.15, 0.2) is 54.6 Å². The van der Waals surface area contributed by atoms with Crippen LogP contribution in [0.5, 0.6) is 0 Å². The molecule has 5 nitrogen and oxygen atoms in total. The molecule has 4 rings (SSSR count). The number of carbonyl (C=O) groups excluding carboxylic acids is 2. The van der Waals surface area contributed by atoms with Crippen molar-refractivity contribution in [1.82, 2.24) is 15.1 Å². The van der Waals surface area contributed by atoms with E-state index >= 15 is 0 Å². The maximum absolute atomic E-state index is 13.4. The van der Waals surface area contributed by atoms with Gasteiger partial charge in [-0.3, -0.25) is 9.59 Å². The van der Waals surface area contributed by atoms with Gasteiger partial charge in [0.2, 0.25) is 5.91 Å². The van der Waals surface area contributed by atoms with Gasteiger partial charge in [-0.2, -0.15) is 0 Å². The zero-order chi connectivity index (χ0) is 24.9. The van der Waals surface area contributed by atoms with Crippen LogP contribution in [-0.2, 0) is 4.79 Å². The Morgan fingerprint density at radius 2 is 1.80 bits per heavy atom. The highest BCUT2D eigenvalue weighted by molar-refractivity contribution is 5.99. The van der Waals surface area contributed by atoms with Crippen molar-refractivity contribution < 1.29 is 9.59 Å². The summed E-state index contributed by atoms with van der Waals surface area (Å²) in [6.07, 6.45) is 6.32. The number of nitrogens with one attached hydrogen (secondary N) is 1.